The Morgan fingerprint density at radius 3 is 3.04 bits per heavy atom. The number of anilines is 1. The number of fused-ring (bicyclic) bond motifs is 1. The molecule has 2 aliphatic rings. The summed E-state index contributed by atoms with van der Waals surface area (Å²) in [7, 11) is 4.20. The Morgan fingerprint density at radius 2 is 2.30 bits per heavy atom. The van der Waals surface area contributed by atoms with Crippen LogP contribution in [-0.2, 0) is 9.53 Å². The van der Waals surface area contributed by atoms with E-state index in [0.29, 0.717) is 6.04 Å². The highest BCUT2D eigenvalue weighted by Crippen LogP contribution is 2.31. The first-order valence-electron chi connectivity index (χ1n) is 8.38. The smallest absolute Gasteiger partial charge is 0.253 e. The van der Waals surface area contributed by atoms with Crippen LogP contribution in [0.5, 0.6) is 0 Å². The van der Waals surface area contributed by atoms with Gasteiger partial charge in [-0.3, -0.25) is 14.7 Å². The summed E-state index contributed by atoms with van der Waals surface area (Å²) in [6, 6.07) is 4.12. The molecule has 0 unspecified atom stereocenters. The van der Waals surface area contributed by atoms with Crippen LogP contribution in [0, 0.1) is 0 Å². The lowest BCUT2D eigenvalue weighted by molar-refractivity contribution is -0.138. The summed E-state index contributed by atoms with van der Waals surface area (Å²) in [5, 5.41) is 2.90. The van der Waals surface area contributed by atoms with E-state index >= 15 is 0 Å². The summed E-state index contributed by atoms with van der Waals surface area (Å²) in [6.07, 6.45) is 6.03. The summed E-state index contributed by atoms with van der Waals surface area (Å²) >= 11 is 0. The van der Waals surface area contributed by atoms with Crippen LogP contribution < -0.4 is 5.32 Å². The minimum Gasteiger partial charge on any atom is -0.363 e. The number of ether oxygens (including phenoxy) is 1. The summed E-state index contributed by atoms with van der Waals surface area (Å²) in [4.78, 5) is 21.1. The monoisotopic (exact) mass is 318 g/mol. The van der Waals surface area contributed by atoms with Gasteiger partial charge in [-0.2, -0.15) is 0 Å². The molecule has 1 aromatic heterocycles. The molecule has 0 bridgehead atoms. The molecule has 3 rings (SSSR count). The molecule has 3 atom stereocenters. The number of hydrogen-bond donors (Lipinski definition) is 1. The van der Waals surface area contributed by atoms with Crippen molar-refractivity contribution in [1.29, 1.82) is 0 Å². The summed E-state index contributed by atoms with van der Waals surface area (Å²) in [5.41, 5.74) is 0.724. The highest BCUT2D eigenvalue weighted by atomic mass is 16.5. The molecule has 0 aromatic carbocycles. The van der Waals surface area contributed by atoms with Gasteiger partial charge in [0, 0.05) is 31.9 Å². The second-order valence-corrected chi connectivity index (χ2v) is 6.67. The van der Waals surface area contributed by atoms with Gasteiger partial charge in [-0.15, -0.1) is 0 Å². The van der Waals surface area contributed by atoms with Crippen molar-refractivity contribution in [2.45, 2.75) is 37.5 Å². The van der Waals surface area contributed by atoms with Gasteiger partial charge in [0.1, 0.15) is 6.10 Å². The normalized spacial score (nSPS) is 27.9. The van der Waals surface area contributed by atoms with Gasteiger partial charge in [-0.25, -0.2) is 0 Å². The van der Waals surface area contributed by atoms with Crippen LogP contribution in [0.1, 0.15) is 19.3 Å². The van der Waals surface area contributed by atoms with E-state index in [1.54, 1.807) is 12.4 Å². The predicted octanol–water partition coefficient (Wildman–Crippen LogP) is 1.20. The summed E-state index contributed by atoms with van der Waals surface area (Å²) in [6.45, 7) is 3.21. The van der Waals surface area contributed by atoms with E-state index in [1.165, 1.54) is 0 Å². The number of nitrogens with zero attached hydrogens (tertiary/aromatic N) is 3. The Kier molecular flexibility index (Phi) is 5.25. The predicted molar refractivity (Wildman–Crippen MR) is 89.3 cm³/mol. The van der Waals surface area contributed by atoms with E-state index in [4.69, 9.17) is 4.74 Å². The van der Waals surface area contributed by atoms with Crippen LogP contribution in [0.25, 0.3) is 0 Å². The maximum Gasteiger partial charge on any atom is 0.253 e. The fourth-order valence-electron chi connectivity index (χ4n) is 3.47. The first kappa shape index (κ1) is 16.4. The lowest BCUT2D eigenvalue weighted by Gasteiger charge is -2.35. The van der Waals surface area contributed by atoms with Crippen LogP contribution in [-0.4, -0.2) is 72.7 Å². The fourth-order valence-corrected chi connectivity index (χ4v) is 3.47. The van der Waals surface area contributed by atoms with Gasteiger partial charge >= 0.3 is 0 Å². The minimum absolute atomic E-state index is 0.0526. The van der Waals surface area contributed by atoms with Crippen LogP contribution >= 0.6 is 0 Å². The van der Waals surface area contributed by atoms with Gasteiger partial charge in [-0.1, -0.05) is 0 Å². The average Bonchev–Trinajstić information content (AvgIpc) is 2.96. The minimum atomic E-state index is -0.342. The van der Waals surface area contributed by atoms with Crippen molar-refractivity contribution in [2.75, 3.05) is 39.0 Å². The number of aromatic nitrogens is 1. The van der Waals surface area contributed by atoms with E-state index in [-0.39, 0.29) is 18.1 Å². The lowest BCUT2D eigenvalue weighted by atomic mass is 9.98. The Morgan fingerprint density at radius 1 is 1.43 bits per heavy atom. The lowest BCUT2D eigenvalue weighted by Crippen LogP contribution is -2.47. The van der Waals surface area contributed by atoms with Crippen molar-refractivity contribution >= 4 is 11.6 Å². The highest BCUT2D eigenvalue weighted by Gasteiger charge is 2.41. The zero-order valence-corrected chi connectivity index (χ0v) is 13.9. The number of likely N-dealkylation sites (tertiary alicyclic amines) is 1. The molecule has 0 aliphatic carbocycles. The van der Waals surface area contributed by atoms with Crippen LogP contribution in [0.3, 0.4) is 0 Å². The summed E-state index contributed by atoms with van der Waals surface area (Å²) in [5.74, 6) is -0.0526. The molecule has 126 valence electrons. The average molecular weight is 318 g/mol. The second kappa shape index (κ2) is 7.38. The molecule has 0 saturated carbocycles. The van der Waals surface area contributed by atoms with E-state index in [1.807, 2.05) is 12.1 Å². The number of amides is 1. The Balaban J connectivity index is 1.52. The van der Waals surface area contributed by atoms with Gasteiger partial charge in [-0.05, 0) is 45.5 Å². The van der Waals surface area contributed by atoms with Gasteiger partial charge < -0.3 is 15.0 Å². The molecular formula is C17H26N4O2. The van der Waals surface area contributed by atoms with Crippen LogP contribution in [0.4, 0.5) is 5.69 Å². The number of carbonyl (C=O) groups excluding carboxylic acids is 1. The van der Waals surface area contributed by atoms with E-state index < -0.39 is 0 Å². The number of likely N-dealkylation sites (N-methyl/N-ethyl adjacent to an activating group) is 1. The largest absolute Gasteiger partial charge is 0.363 e. The second-order valence-electron chi connectivity index (χ2n) is 6.67. The third kappa shape index (κ3) is 4.07. The molecule has 3 heterocycles. The topological polar surface area (TPSA) is 57.7 Å². The SMILES string of the molecule is CN(C)CCN1CC[C@@H]2O[C@H](C(=O)Nc3cccnc3)CC[C@@H]21. The molecule has 1 amide bonds. The van der Waals surface area contributed by atoms with Crippen molar-refractivity contribution in [3.05, 3.63) is 24.5 Å². The summed E-state index contributed by atoms with van der Waals surface area (Å²) < 4.78 is 6.09. The Hall–Kier alpha value is -1.50. The third-order valence-electron chi connectivity index (χ3n) is 4.72. The van der Waals surface area contributed by atoms with Crippen LogP contribution in [0.15, 0.2) is 24.5 Å². The number of pyridine rings is 1. The van der Waals surface area contributed by atoms with Gasteiger partial charge in [0.25, 0.3) is 5.91 Å². The Bertz CT molecular complexity index is 523. The number of nitrogens with one attached hydrogen (secondary N) is 1. The molecule has 2 saturated heterocycles. The maximum atomic E-state index is 12.4. The first-order valence-corrected chi connectivity index (χ1v) is 8.38. The standard InChI is InChI=1S/C17H26N4O2/c1-20(2)10-11-21-9-7-15-14(21)5-6-16(23-15)17(22)19-13-4-3-8-18-12-13/h3-4,8,12,14-16H,5-7,9-11H2,1-2H3,(H,19,22)/t14-,15-,16-/m0/s1. The molecule has 0 radical (unpaired) electrons. The molecular weight excluding hydrogens is 292 g/mol. The highest BCUT2D eigenvalue weighted by molar-refractivity contribution is 5.94. The number of hydrogen-bond acceptors (Lipinski definition) is 5. The molecule has 6 heteroatoms. The Labute approximate surface area is 137 Å². The molecule has 1 aromatic rings. The van der Waals surface area contributed by atoms with Crippen molar-refractivity contribution in [2.24, 2.45) is 0 Å². The van der Waals surface area contributed by atoms with Crippen molar-refractivity contribution in [1.82, 2.24) is 14.8 Å². The quantitative estimate of drug-likeness (QED) is 0.884. The van der Waals surface area contributed by atoms with Gasteiger partial charge in [0.05, 0.1) is 18.0 Å². The van der Waals surface area contributed by atoms with Crippen molar-refractivity contribution in [3.63, 3.8) is 0 Å². The molecule has 2 aliphatic heterocycles. The number of rotatable bonds is 5. The zero-order chi connectivity index (χ0) is 16.2. The maximum absolute atomic E-state index is 12.4. The molecule has 6 nitrogen and oxygen atoms in total. The van der Waals surface area contributed by atoms with Gasteiger partial charge in [0.2, 0.25) is 0 Å². The van der Waals surface area contributed by atoms with Crippen molar-refractivity contribution < 1.29 is 9.53 Å². The third-order valence-corrected chi connectivity index (χ3v) is 4.72. The van der Waals surface area contributed by atoms with Crippen molar-refractivity contribution in [3.8, 4) is 0 Å². The van der Waals surface area contributed by atoms with Crippen LogP contribution in [0.2, 0.25) is 0 Å². The molecule has 1 N–H and O–H groups in total. The zero-order valence-electron chi connectivity index (χ0n) is 13.9. The van der Waals surface area contributed by atoms with E-state index in [0.717, 1.165) is 44.6 Å². The molecule has 23 heavy (non-hydrogen) atoms. The molecule has 2 fully saturated rings. The van der Waals surface area contributed by atoms with E-state index in [2.05, 4.69) is 34.2 Å². The van der Waals surface area contributed by atoms with Gasteiger partial charge in [0.15, 0.2) is 0 Å². The fraction of sp³-hybridized carbons (Fsp3) is 0.647. The van der Waals surface area contributed by atoms with E-state index in [9.17, 15) is 4.79 Å². The first-order chi connectivity index (χ1) is 11.1. The number of carbonyl (C=O) groups is 1. The molecule has 0 spiro atoms.